The summed E-state index contributed by atoms with van der Waals surface area (Å²) in [5.74, 6) is 1.04. The van der Waals surface area contributed by atoms with E-state index in [1.165, 1.54) is 39.1 Å². The molecule has 6 nitrogen and oxygen atoms in total. The minimum atomic E-state index is 0.111. The van der Waals surface area contributed by atoms with Gasteiger partial charge < -0.3 is 14.0 Å². The largest absolute Gasteiger partial charge is 0.318 e. The van der Waals surface area contributed by atoms with Gasteiger partial charge in [0.05, 0.1) is 17.9 Å². The zero-order chi connectivity index (χ0) is 24.4. The predicted molar refractivity (Wildman–Crippen MR) is 146 cm³/mol. The maximum absolute atomic E-state index is 4.77. The number of anilines is 2. The van der Waals surface area contributed by atoms with Gasteiger partial charge in [-0.15, -0.1) is 0 Å². The van der Waals surface area contributed by atoms with Gasteiger partial charge in [-0.3, -0.25) is 0 Å². The third-order valence-electron chi connectivity index (χ3n) is 7.48. The van der Waals surface area contributed by atoms with E-state index in [0.717, 1.165) is 17.0 Å². The first-order valence-corrected chi connectivity index (χ1v) is 12.3. The molecular weight excluding hydrogens is 444 g/mol. The summed E-state index contributed by atoms with van der Waals surface area (Å²) in [7, 11) is 1.97. The summed E-state index contributed by atoms with van der Waals surface area (Å²) in [5, 5.41) is 1.27. The molecule has 2 unspecified atom stereocenters. The van der Waals surface area contributed by atoms with Crippen molar-refractivity contribution in [1.29, 1.82) is 0 Å². The maximum atomic E-state index is 4.77. The van der Waals surface area contributed by atoms with Crippen molar-refractivity contribution < 1.29 is 0 Å². The Morgan fingerprint density at radius 1 is 0.944 bits per heavy atom. The van der Waals surface area contributed by atoms with Crippen LogP contribution in [0.2, 0.25) is 0 Å². The molecule has 2 atom stereocenters. The molecule has 6 heteroatoms. The summed E-state index contributed by atoms with van der Waals surface area (Å²) in [5.41, 5.74) is 9.07. The number of fused-ring (bicyclic) bond motifs is 6. The van der Waals surface area contributed by atoms with Gasteiger partial charge in [-0.2, -0.15) is 0 Å². The first-order chi connectivity index (χ1) is 17.7. The van der Waals surface area contributed by atoms with Gasteiger partial charge >= 0.3 is 0 Å². The van der Waals surface area contributed by atoms with Gasteiger partial charge in [0.15, 0.2) is 17.0 Å². The fourth-order valence-corrected chi connectivity index (χ4v) is 5.99. The van der Waals surface area contributed by atoms with Crippen LogP contribution in [0.5, 0.6) is 0 Å². The summed E-state index contributed by atoms with van der Waals surface area (Å²) in [6.07, 6.45) is 16.7. The highest BCUT2D eigenvalue weighted by atomic mass is 15.3. The van der Waals surface area contributed by atoms with E-state index in [4.69, 9.17) is 4.98 Å². The van der Waals surface area contributed by atoms with Gasteiger partial charge in [-0.25, -0.2) is 15.0 Å². The second-order valence-electron chi connectivity index (χ2n) is 9.45. The Morgan fingerprint density at radius 3 is 2.61 bits per heavy atom. The number of hydrogen-bond acceptors (Lipinski definition) is 4. The molecule has 5 aromatic rings. The van der Waals surface area contributed by atoms with Crippen molar-refractivity contribution in [1.82, 2.24) is 24.1 Å². The van der Waals surface area contributed by atoms with Gasteiger partial charge in [0.1, 0.15) is 6.33 Å². The second-order valence-corrected chi connectivity index (χ2v) is 9.45. The number of allylic oxidation sites excluding steroid dienone is 3. The monoisotopic (exact) mass is 470 g/mol. The molecule has 176 valence electrons. The molecule has 0 saturated carbocycles. The average molecular weight is 471 g/mol. The Hall–Kier alpha value is -4.45. The normalized spacial score (nSPS) is 18.6. The van der Waals surface area contributed by atoms with Crippen LogP contribution < -0.4 is 4.90 Å². The van der Waals surface area contributed by atoms with Gasteiger partial charge in [0, 0.05) is 46.5 Å². The number of rotatable bonds is 3. The zero-order valence-electron chi connectivity index (χ0n) is 20.5. The number of aromatic nitrogens is 5. The first kappa shape index (κ1) is 20.9. The average Bonchev–Trinajstić information content (AvgIpc) is 3.55. The highest BCUT2D eigenvalue weighted by Crippen LogP contribution is 2.52. The molecular formula is C30H26N6. The van der Waals surface area contributed by atoms with Gasteiger partial charge in [0.25, 0.3) is 0 Å². The number of nitrogens with zero attached hydrogens (tertiary/aromatic N) is 6. The van der Waals surface area contributed by atoms with Crippen LogP contribution in [0.3, 0.4) is 0 Å². The number of aryl methyl sites for hydroxylation is 1. The van der Waals surface area contributed by atoms with E-state index in [9.17, 15) is 0 Å². The molecule has 0 saturated heterocycles. The maximum Gasteiger partial charge on any atom is 0.165 e. The molecule has 0 N–H and O–H groups in total. The molecule has 3 aromatic heterocycles. The van der Waals surface area contributed by atoms with Crippen LogP contribution in [-0.4, -0.2) is 30.1 Å². The van der Waals surface area contributed by atoms with Crippen molar-refractivity contribution >= 4 is 39.6 Å². The lowest BCUT2D eigenvalue weighted by Gasteiger charge is -2.27. The molecule has 36 heavy (non-hydrogen) atoms. The first-order valence-electron chi connectivity index (χ1n) is 12.3. The fourth-order valence-electron chi connectivity index (χ4n) is 5.99. The molecule has 0 radical (unpaired) electrons. The van der Waals surface area contributed by atoms with Crippen molar-refractivity contribution in [2.24, 2.45) is 7.05 Å². The number of imidazole rings is 1. The van der Waals surface area contributed by atoms with E-state index >= 15 is 0 Å². The second kappa shape index (κ2) is 7.78. The van der Waals surface area contributed by atoms with E-state index < -0.39 is 0 Å². The Balaban J connectivity index is 1.59. The smallest absolute Gasteiger partial charge is 0.165 e. The zero-order valence-corrected chi connectivity index (χ0v) is 20.5. The van der Waals surface area contributed by atoms with Gasteiger partial charge in [-0.1, -0.05) is 60.7 Å². The third-order valence-corrected chi connectivity index (χ3v) is 7.48. The lowest BCUT2D eigenvalue weighted by molar-refractivity contribution is 0.739. The molecule has 0 spiro atoms. The van der Waals surface area contributed by atoms with Crippen molar-refractivity contribution in [3.63, 3.8) is 0 Å². The van der Waals surface area contributed by atoms with Crippen LogP contribution >= 0.6 is 0 Å². The van der Waals surface area contributed by atoms with Crippen molar-refractivity contribution in [3.05, 3.63) is 102 Å². The predicted octanol–water partition coefficient (Wildman–Crippen LogP) is 6.38. The minimum Gasteiger partial charge on any atom is -0.318 e. The fraction of sp³-hybridized carbons (Fsp3) is 0.167. The quantitative estimate of drug-likeness (QED) is 0.307. The molecule has 0 amide bonds. The van der Waals surface area contributed by atoms with E-state index in [1.54, 1.807) is 6.33 Å². The number of para-hydroxylation sites is 1. The SMILES string of the molecule is C/C=C\c1c(C)n(-c2ccccc2)c2c3c(ccc12)N(c1ncnc2c1ncn2C)C1C=CC=CC31. The van der Waals surface area contributed by atoms with Crippen LogP contribution in [0.25, 0.3) is 33.8 Å². The van der Waals surface area contributed by atoms with Crippen LogP contribution in [0.4, 0.5) is 11.5 Å². The van der Waals surface area contributed by atoms with E-state index in [-0.39, 0.29) is 12.0 Å². The molecule has 1 aliphatic carbocycles. The molecule has 4 heterocycles. The van der Waals surface area contributed by atoms with Crippen molar-refractivity contribution in [2.75, 3.05) is 4.90 Å². The lowest BCUT2D eigenvalue weighted by Crippen LogP contribution is -2.29. The summed E-state index contributed by atoms with van der Waals surface area (Å²) in [4.78, 5) is 16.3. The van der Waals surface area contributed by atoms with Crippen molar-refractivity contribution in [3.8, 4) is 5.69 Å². The summed E-state index contributed by atoms with van der Waals surface area (Å²) in [6, 6.07) is 15.3. The number of benzene rings is 2. The van der Waals surface area contributed by atoms with E-state index in [1.807, 2.05) is 17.9 Å². The molecule has 2 aliphatic rings. The van der Waals surface area contributed by atoms with Crippen LogP contribution in [0.1, 0.15) is 29.7 Å². The third kappa shape index (κ3) is 2.75. The molecule has 0 bridgehead atoms. The lowest BCUT2D eigenvalue weighted by atomic mass is 9.90. The van der Waals surface area contributed by atoms with E-state index in [0.29, 0.717) is 0 Å². The van der Waals surface area contributed by atoms with E-state index in [2.05, 4.69) is 112 Å². The van der Waals surface area contributed by atoms with Crippen LogP contribution in [-0.2, 0) is 7.05 Å². The highest BCUT2D eigenvalue weighted by molar-refractivity contribution is 6.01. The Bertz CT molecular complexity index is 1730. The summed E-state index contributed by atoms with van der Waals surface area (Å²) >= 11 is 0. The van der Waals surface area contributed by atoms with Crippen LogP contribution in [0, 0.1) is 6.92 Å². The Labute approximate surface area is 209 Å². The topological polar surface area (TPSA) is 51.8 Å². The van der Waals surface area contributed by atoms with Crippen molar-refractivity contribution in [2.45, 2.75) is 25.8 Å². The Morgan fingerprint density at radius 2 is 1.78 bits per heavy atom. The summed E-state index contributed by atoms with van der Waals surface area (Å²) in [6.45, 7) is 4.30. The highest BCUT2D eigenvalue weighted by Gasteiger charge is 2.41. The standard InChI is InChI=1S/C30H26N6/c1-4-10-21-19(2)35(20-11-6-5-7-12-20)28-22(21)15-16-25-26(28)23-13-8-9-14-24(23)36(25)30-27-29(31-17-32-30)34(3)18-33-27/h4-18,23-24H,1-3H3/b10-4-. The molecule has 2 aromatic carbocycles. The van der Waals surface area contributed by atoms with Gasteiger partial charge in [-0.05, 0) is 32.0 Å². The van der Waals surface area contributed by atoms with Gasteiger partial charge in [0.2, 0.25) is 0 Å². The number of hydrogen-bond donors (Lipinski definition) is 0. The summed E-state index contributed by atoms with van der Waals surface area (Å²) < 4.78 is 4.37. The minimum absolute atomic E-state index is 0.111. The molecule has 0 fully saturated rings. The Kier molecular flexibility index (Phi) is 4.51. The van der Waals surface area contributed by atoms with Crippen LogP contribution in [0.15, 0.2) is 85.5 Å². The molecule has 7 rings (SSSR count). The molecule has 1 aliphatic heterocycles.